The van der Waals surface area contributed by atoms with Crippen LogP contribution in [0.1, 0.15) is 44.2 Å². The average molecular weight is 268 g/mol. The second-order valence-electron chi connectivity index (χ2n) is 3.89. The molecule has 1 aromatic carbocycles. The standard InChI is InChI=1S/C12H16F3N.ClH/c1-2-3-4-5-11(16)12-9(14)6-8(13)7-10(12)15;/h6-7,11H,2-5,16H2,1H3;1H/t11-;/m0./s1. The van der Waals surface area contributed by atoms with E-state index in [0.717, 1.165) is 19.3 Å². The van der Waals surface area contributed by atoms with Gasteiger partial charge in [-0.05, 0) is 6.42 Å². The maximum atomic E-state index is 13.3. The van der Waals surface area contributed by atoms with Crippen molar-refractivity contribution in [1.29, 1.82) is 0 Å². The van der Waals surface area contributed by atoms with Gasteiger partial charge in [-0.3, -0.25) is 0 Å². The Balaban J connectivity index is 0.00000256. The van der Waals surface area contributed by atoms with Crippen LogP contribution in [0.25, 0.3) is 0 Å². The number of unbranched alkanes of at least 4 members (excludes halogenated alkanes) is 2. The van der Waals surface area contributed by atoms with Gasteiger partial charge in [0, 0.05) is 23.7 Å². The minimum atomic E-state index is -0.917. The molecule has 0 saturated carbocycles. The van der Waals surface area contributed by atoms with Crippen molar-refractivity contribution in [3.8, 4) is 0 Å². The molecule has 0 spiro atoms. The molecule has 0 aliphatic heterocycles. The second kappa shape index (κ2) is 7.56. The molecule has 1 rings (SSSR count). The lowest BCUT2D eigenvalue weighted by Crippen LogP contribution is -2.14. The highest BCUT2D eigenvalue weighted by molar-refractivity contribution is 5.85. The van der Waals surface area contributed by atoms with Gasteiger partial charge in [-0.15, -0.1) is 12.4 Å². The largest absolute Gasteiger partial charge is 0.324 e. The SMILES string of the molecule is CCCCC[C@H](N)c1c(F)cc(F)cc1F.Cl. The van der Waals surface area contributed by atoms with Crippen molar-refractivity contribution in [2.24, 2.45) is 5.73 Å². The summed E-state index contributed by atoms with van der Waals surface area (Å²) < 4.78 is 39.3. The van der Waals surface area contributed by atoms with Crippen molar-refractivity contribution in [2.45, 2.75) is 38.6 Å². The number of halogens is 4. The van der Waals surface area contributed by atoms with Crippen molar-refractivity contribution in [1.82, 2.24) is 0 Å². The highest BCUT2D eigenvalue weighted by Gasteiger charge is 2.17. The average Bonchev–Trinajstić information content (AvgIpc) is 2.16. The van der Waals surface area contributed by atoms with E-state index >= 15 is 0 Å². The topological polar surface area (TPSA) is 26.0 Å². The highest BCUT2D eigenvalue weighted by atomic mass is 35.5. The van der Waals surface area contributed by atoms with Gasteiger partial charge in [0.1, 0.15) is 17.5 Å². The maximum absolute atomic E-state index is 13.3. The van der Waals surface area contributed by atoms with Gasteiger partial charge in [-0.25, -0.2) is 13.2 Å². The second-order valence-corrected chi connectivity index (χ2v) is 3.89. The van der Waals surface area contributed by atoms with Crippen LogP contribution in [0, 0.1) is 17.5 Å². The highest BCUT2D eigenvalue weighted by Crippen LogP contribution is 2.24. The monoisotopic (exact) mass is 267 g/mol. The normalized spacial score (nSPS) is 12.1. The number of benzene rings is 1. The van der Waals surface area contributed by atoms with Crippen LogP contribution in [0.5, 0.6) is 0 Å². The molecular weight excluding hydrogens is 251 g/mol. The van der Waals surface area contributed by atoms with Crippen molar-refractivity contribution >= 4 is 12.4 Å². The fourth-order valence-corrected chi connectivity index (χ4v) is 1.67. The molecule has 98 valence electrons. The molecule has 0 unspecified atom stereocenters. The third kappa shape index (κ3) is 4.56. The molecule has 0 aromatic heterocycles. The number of hydrogen-bond acceptors (Lipinski definition) is 1. The lowest BCUT2D eigenvalue weighted by molar-refractivity contribution is 0.483. The quantitative estimate of drug-likeness (QED) is 0.799. The van der Waals surface area contributed by atoms with Crippen molar-refractivity contribution in [2.75, 3.05) is 0 Å². The van der Waals surface area contributed by atoms with Gasteiger partial charge < -0.3 is 5.73 Å². The van der Waals surface area contributed by atoms with Crippen LogP contribution in [0.3, 0.4) is 0 Å². The van der Waals surface area contributed by atoms with Crippen molar-refractivity contribution in [3.63, 3.8) is 0 Å². The summed E-state index contributed by atoms with van der Waals surface area (Å²) >= 11 is 0. The Hall–Kier alpha value is -0.740. The van der Waals surface area contributed by atoms with Gasteiger partial charge in [0.05, 0.1) is 0 Å². The van der Waals surface area contributed by atoms with Crippen LogP contribution in [0.15, 0.2) is 12.1 Å². The number of nitrogens with two attached hydrogens (primary N) is 1. The van der Waals surface area contributed by atoms with E-state index in [1.54, 1.807) is 0 Å². The smallest absolute Gasteiger partial charge is 0.133 e. The lowest BCUT2D eigenvalue weighted by Gasteiger charge is -2.13. The fraction of sp³-hybridized carbons (Fsp3) is 0.500. The first-order valence-electron chi connectivity index (χ1n) is 5.46. The molecule has 0 fully saturated rings. The summed E-state index contributed by atoms with van der Waals surface area (Å²) in [5.41, 5.74) is 5.47. The first-order chi connectivity index (χ1) is 7.56. The zero-order valence-electron chi connectivity index (χ0n) is 9.68. The van der Waals surface area contributed by atoms with Crippen molar-refractivity contribution < 1.29 is 13.2 Å². The van der Waals surface area contributed by atoms with E-state index < -0.39 is 23.5 Å². The molecule has 2 N–H and O–H groups in total. The molecule has 17 heavy (non-hydrogen) atoms. The summed E-state index contributed by atoms with van der Waals surface area (Å²) in [5, 5.41) is 0. The Morgan fingerprint density at radius 3 is 2.12 bits per heavy atom. The van der Waals surface area contributed by atoms with Gasteiger partial charge in [0.15, 0.2) is 0 Å². The van der Waals surface area contributed by atoms with Crippen LogP contribution < -0.4 is 5.73 Å². The molecule has 0 saturated heterocycles. The molecule has 1 atom stereocenters. The molecule has 0 radical (unpaired) electrons. The number of hydrogen-bond donors (Lipinski definition) is 1. The Morgan fingerprint density at radius 1 is 1.12 bits per heavy atom. The van der Waals surface area contributed by atoms with E-state index in [1.807, 2.05) is 6.92 Å². The van der Waals surface area contributed by atoms with Crippen LogP contribution in [-0.2, 0) is 0 Å². The van der Waals surface area contributed by atoms with Crippen LogP contribution in [0.2, 0.25) is 0 Å². The summed E-state index contributed by atoms with van der Waals surface area (Å²) in [6, 6.07) is 0.628. The minimum absolute atomic E-state index is 0. The molecule has 1 aromatic rings. The Morgan fingerprint density at radius 2 is 1.65 bits per heavy atom. The first kappa shape index (κ1) is 16.3. The molecular formula is C12H17ClF3N. The predicted molar refractivity (Wildman–Crippen MR) is 64.6 cm³/mol. The first-order valence-corrected chi connectivity index (χ1v) is 5.46. The van der Waals surface area contributed by atoms with E-state index in [2.05, 4.69) is 0 Å². The zero-order chi connectivity index (χ0) is 12.1. The van der Waals surface area contributed by atoms with Crippen LogP contribution in [0.4, 0.5) is 13.2 Å². The molecule has 0 bridgehead atoms. The molecule has 0 aliphatic carbocycles. The summed E-state index contributed by atoms with van der Waals surface area (Å²) in [6.45, 7) is 2.03. The van der Waals surface area contributed by atoms with E-state index in [-0.39, 0.29) is 18.0 Å². The third-order valence-electron chi connectivity index (χ3n) is 2.53. The minimum Gasteiger partial charge on any atom is -0.324 e. The summed E-state index contributed by atoms with van der Waals surface area (Å²) in [5.74, 6) is -2.72. The molecule has 5 heteroatoms. The fourth-order valence-electron chi connectivity index (χ4n) is 1.67. The zero-order valence-corrected chi connectivity index (χ0v) is 10.5. The van der Waals surface area contributed by atoms with E-state index in [0.29, 0.717) is 18.6 Å². The Kier molecular flexibility index (Phi) is 7.23. The van der Waals surface area contributed by atoms with Gasteiger partial charge in [-0.2, -0.15) is 0 Å². The summed E-state index contributed by atoms with van der Waals surface area (Å²) in [4.78, 5) is 0. The van der Waals surface area contributed by atoms with Crippen LogP contribution in [-0.4, -0.2) is 0 Å². The predicted octanol–water partition coefficient (Wildman–Crippen LogP) is 4.11. The molecule has 0 amide bonds. The van der Waals surface area contributed by atoms with Crippen molar-refractivity contribution in [3.05, 3.63) is 35.1 Å². The lowest BCUT2D eigenvalue weighted by atomic mass is 10.00. The van der Waals surface area contributed by atoms with E-state index in [1.165, 1.54) is 0 Å². The van der Waals surface area contributed by atoms with Crippen LogP contribution >= 0.6 is 12.4 Å². The number of rotatable bonds is 5. The summed E-state index contributed by atoms with van der Waals surface area (Å²) in [7, 11) is 0. The summed E-state index contributed by atoms with van der Waals surface area (Å²) in [6.07, 6.45) is 3.31. The van der Waals surface area contributed by atoms with Gasteiger partial charge in [-0.1, -0.05) is 26.2 Å². The Bertz CT molecular complexity index is 335. The van der Waals surface area contributed by atoms with E-state index in [4.69, 9.17) is 5.73 Å². The third-order valence-corrected chi connectivity index (χ3v) is 2.53. The van der Waals surface area contributed by atoms with Gasteiger partial charge >= 0.3 is 0 Å². The molecule has 1 nitrogen and oxygen atoms in total. The van der Waals surface area contributed by atoms with Gasteiger partial charge in [0.2, 0.25) is 0 Å². The van der Waals surface area contributed by atoms with Gasteiger partial charge in [0.25, 0.3) is 0 Å². The van der Waals surface area contributed by atoms with E-state index in [9.17, 15) is 13.2 Å². The Labute approximate surface area is 106 Å². The maximum Gasteiger partial charge on any atom is 0.133 e. The molecule has 0 heterocycles. The molecule has 0 aliphatic rings.